The highest BCUT2D eigenvalue weighted by atomic mass is 35.5. The molecule has 0 aliphatic carbocycles. The zero-order valence-electron chi connectivity index (χ0n) is 12.9. The molecule has 1 heterocycles. The topological polar surface area (TPSA) is 93.2 Å². The molecule has 2 N–H and O–H groups in total. The summed E-state index contributed by atoms with van der Waals surface area (Å²) in [6.07, 6.45) is 1.68. The van der Waals surface area contributed by atoms with E-state index in [1.54, 1.807) is 12.1 Å². The Morgan fingerprint density at radius 1 is 1.29 bits per heavy atom. The minimum absolute atomic E-state index is 0.110. The van der Waals surface area contributed by atoms with Gasteiger partial charge in [-0.1, -0.05) is 17.7 Å². The smallest absolute Gasteiger partial charge is 0.337 e. The highest BCUT2D eigenvalue weighted by Gasteiger charge is 2.13. The van der Waals surface area contributed by atoms with E-state index in [2.05, 4.69) is 32.1 Å². The van der Waals surface area contributed by atoms with Gasteiger partial charge in [-0.3, -0.25) is 4.79 Å². The van der Waals surface area contributed by atoms with Crippen LogP contribution in [0.2, 0.25) is 5.02 Å². The fourth-order valence-corrected chi connectivity index (χ4v) is 1.94. The summed E-state index contributed by atoms with van der Waals surface area (Å²) in [5.41, 5.74) is 0.658. The summed E-state index contributed by atoms with van der Waals surface area (Å²) in [7, 11) is 1.27. The lowest BCUT2D eigenvalue weighted by Crippen LogP contribution is -2.15. The fourth-order valence-electron chi connectivity index (χ4n) is 1.78. The molecule has 7 nitrogen and oxygen atoms in total. The molecule has 1 aromatic carbocycles. The lowest BCUT2D eigenvalue weighted by molar-refractivity contribution is 0.0600. The van der Waals surface area contributed by atoms with Crippen LogP contribution >= 0.6 is 11.6 Å². The van der Waals surface area contributed by atoms with Crippen molar-refractivity contribution >= 4 is 35.0 Å². The zero-order valence-corrected chi connectivity index (χ0v) is 13.6. The molecule has 0 atom stereocenters. The van der Waals surface area contributed by atoms with Crippen LogP contribution in [0, 0.1) is 0 Å². The normalized spacial score (nSPS) is 9.92. The van der Waals surface area contributed by atoms with Crippen molar-refractivity contribution in [3.05, 3.63) is 59.3 Å². The summed E-state index contributed by atoms with van der Waals surface area (Å²) >= 11 is 6.04. The molecule has 0 aliphatic rings. The first kappa shape index (κ1) is 17.4. The maximum Gasteiger partial charge on any atom is 0.337 e. The van der Waals surface area contributed by atoms with Crippen LogP contribution in [0.3, 0.4) is 0 Å². The van der Waals surface area contributed by atoms with Crippen molar-refractivity contribution in [1.29, 1.82) is 0 Å². The van der Waals surface area contributed by atoms with Crippen molar-refractivity contribution < 1.29 is 14.3 Å². The van der Waals surface area contributed by atoms with Gasteiger partial charge in [0, 0.05) is 6.54 Å². The minimum atomic E-state index is -0.528. The van der Waals surface area contributed by atoms with Crippen LogP contribution in [0.4, 0.5) is 11.5 Å². The number of methoxy groups -OCH3 is 1. The summed E-state index contributed by atoms with van der Waals surface area (Å²) in [6, 6.07) is 7.57. The zero-order chi connectivity index (χ0) is 17.5. The van der Waals surface area contributed by atoms with Crippen molar-refractivity contribution in [3.8, 4) is 0 Å². The maximum atomic E-state index is 12.2. The third-order valence-corrected chi connectivity index (χ3v) is 3.29. The Balaban J connectivity index is 2.14. The van der Waals surface area contributed by atoms with Crippen LogP contribution in [0.25, 0.3) is 0 Å². The Hall–Kier alpha value is -2.93. The second-order valence-corrected chi connectivity index (χ2v) is 5.02. The molecular formula is C16H15ClN4O3. The van der Waals surface area contributed by atoms with Crippen LogP contribution < -0.4 is 10.6 Å². The minimum Gasteiger partial charge on any atom is -0.465 e. The average molecular weight is 347 g/mol. The molecule has 0 radical (unpaired) electrons. The number of aromatic nitrogens is 2. The molecule has 1 amide bonds. The van der Waals surface area contributed by atoms with Crippen molar-refractivity contribution in [1.82, 2.24) is 10.2 Å². The number of benzene rings is 1. The van der Waals surface area contributed by atoms with E-state index in [4.69, 9.17) is 11.6 Å². The van der Waals surface area contributed by atoms with Gasteiger partial charge in [-0.15, -0.1) is 16.8 Å². The average Bonchev–Trinajstić information content (AvgIpc) is 2.61. The number of hydrogen-bond acceptors (Lipinski definition) is 6. The largest absolute Gasteiger partial charge is 0.465 e. The van der Waals surface area contributed by atoms with Crippen molar-refractivity contribution in [2.45, 2.75) is 0 Å². The summed E-state index contributed by atoms with van der Waals surface area (Å²) < 4.78 is 4.64. The number of hydrogen-bond donors (Lipinski definition) is 2. The Kier molecular flexibility index (Phi) is 5.86. The van der Waals surface area contributed by atoms with Gasteiger partial charge in [0.05, 0.1) is 23.4 Å². The number of nitrogens with one attached hydrogen (secondary N) is 2. The number of ether oxygens (including phenoxy) is 1. The highest BCUT2D eigenvalue weighted by Crippen LogP contribution is 2.24. The lowest BCUT2D eigenvalue weighted by atomic mass is 10.2. The molecule has 2 aromatic rings. The van der Waals surface area contributed by atoms with Crippen molar-refractivity contribution in [2.24, 2.45) is 0 Å². The van der Waals surface area contributed by atoms with Crippen LogP contribution in [0.1, 0.15) is 20.8 Å². The monoisotopic (exact) mass is 346 g/mol. The quantitative estimate of drug-likeness (QED) is 0.617. The summed E-state index contributed by atoms with van der Waals surface area (Å²) in [4.78, 5) is 23.8. The summed E-state index contributed by atoms with van der Waals surface area (Å²) in [6.45, 7) is 4.12. The Labute approximate surface area is 143 Å². The number of carbonyl (C=O) groups is 2. The van der Waals surface area contributed by atoms with Crippen molar-refractivity contribution in [3.63, 3.8) is 0 Å². The Bertz CT molecular complexity index is 762. The summed E-state index contributed by atoms with van der Waals surface area (Å²) in [5.74, 6) is -0.501. The molecule has 0 saturated carbocycles. The maximum absolute atomic E-state index is 12.2. The number of esters is 1. The van der Waals surface area contributed by atoms with Crippen LogP contribution in [-0.4, -0.2) is 35.7 Å². The van der Waals surface area contributed by atoms with Gasteiger partial charge in [-0.2, -0.15) is 0 Å². The number of anilines is 2. The van der Waals surface area contributed by atoms with E-state index in [1.807, 2.05) is 0 Å². The molecular weight excluding hydrogens is 332 g/mol. The molecule has 1 aromatic heterocycles. The SMILES string of the molecule is C=CCNc1ccc(C(=O)Nc2cc(C(=O)OC)ccc2Cl)nn1. The number of amides is 1. The van der Waals surface area contributed by atoms with Crippen LogP contribution in [0.5, 0.6) is 0 Å². The molecule has 0 bridgehead atoms. The third kappa shape index (κ3) is 4.30. The van der Waals surface area contributed by atoms with Gasteiger partial charge >= 0.3 is 5.97 Å². The first-order valence-electron chi connectivity index (χ1n) is 6.93. The fraction of sp³-hybridized carbons (Fsp3) is 0.125. The Morgan fingerprint density at radius 3 is 2.71 bits per heavy atom. The first-order chi connectivity index (χ1) is 11.5. The van der Waals surface area contributed by atoms with E-state index in [0.717, 1.165) is 0 Å². The van der Waals surface area contributed by atoms with Gasteiger partial charge in [0.15, 0.2) is 5.69 Å². The number of halogens is 1. The van der Waals surface area contributed by atoms with E-state index in [1.165, 1.54) is 31.4 Å². The Morgan fingerprint density at radius 2 is 2.08 bits per heavy atom. The highest BCUT2D eigenvalue weighted by molar-refractivity contribution is 6.34. The second-order valence-electron chi connectivity index (χ2n) is 4.61. The number of nitrogens with zero attached hydrogens (tertiary/aromatic N) is 2. The van der Waals surface area contributed by atoms with Crippen molar-refractivity contribution in [2.75, 3.05) is 24.3 Å². The van der Waals surface area contributed by atoms with E-state index < -0.39 is 11.9 Å². The predicted molar refractivity (Wildman–Crippen MR) is 91.5 cm³/mol. The molecule has 0 unspecified atom stereocenters. The van der Waals surface area contributed by atoms with E-state index >= 15 is 0 Å². The standard InChI is InChI=1S/C16H15ClN4O3/c1-3-8-18-14-7-6-12(20-21-14)15(22)19-13-9-10(16(23)24-2)4-5-11(13)17/h3-7,9H,1,8H2,2H3,(H,18,21)(H,19,22). The molecule has 124 valence electrons. The van der Waals surface area contributed by atoms with E-state index in [-0.39, 0.29) is 22.0 Å². The number of rotatable bonds is 6. The van der Waals surface area contributed by atoms with E-state index in [9.17, 15) is 9.59 Å². The number of carbonyl (C=O) groups excluding carboxylic acids is 2. The van der Waals surface area contributed by atoms with Gasteiger partial charge in [-0.05, 0) is 30.3 Å². The molecule has 0 aliphatic heterocycles. The first-order valence-corrected chi connectivity index (χ1v) is 7.30. The molecule has 0 fully saturated rings. The third-order valence-electron chi connectivity index (χ3n) is 2.96. The summed E-state index contributed by atoms with van der Waals surface area (Å²) in [5, 5.41) is 13.5. The second kappa shape index (κ2) is 8.07. The molecule has 0 spiro atoms. The lowest BCUT2D eigenvalue weighted by Gasteiger charge is -2.09. The van der Waals surface area contributed by atoms with Crippen LogP contribution in [0.15, 0.2) is 43.0 Å². The molecule has 0 saturated heterocycles. The van der Waals surface area contributed by atoms with E-state index in [0.29, 0.717) is 12.4 Å². The van der Waals surface area contributed by atoms with Crippen LogP contribution in [-0.2, 0) is 4.74 Å². The van der Waals surface area contributed by atoms with Gasteiger partial charge in [-0.25, -0.2) is 4.79 Å². The predicted octanol–water partition coefficient (Wildman–Crippen LogP) is 2.77. The molecule has 24 heavy (non-hydrogen) atoms. The van der Waals surface area contributed by atoms with Gasteiger partial charge in [0.2, 0.25) is 0 Å². The van der Waals surface area contributed by atoms with Gasteiger partial charge in [0.25, 0.3) is 5.91 Å². The van der Waals surface area contributed by atoms with Gasteiger partial charge < -0.3 is 15.4 Å². The molecule has 8 heteroatoms. The molecule has 2 rings (SSSR count). The van der Waals surface area contributed by atoms with Gasteiger partial charge in [0.1, 0.15) is 5.82 Å².